The molecule has 7 heteroatoms. The molecule has 1 amide bonds. The third-order valence-corrected chi connectivity index (χ3v) is 4.28. The van der Waals surface area contributed by atoms with Gasteiger partial charge in [0.2, 0.25) is 0 Å². The maximum Gasteiger partial charge on any atom is 0.305 e. The highest BCUT2D eigenvalue weighted by molar-refractivity contribution is 6.06. The first kappa shape index (κ1) is 16.2. The van der Waals surface area contributed by atoms with Crippen LogP contribution in [0.25, 0.3) is 10.9 Å². The second-order valence-electron chi connectivity index (χ2n) is 5.80. The molecule has 1 aromatic carbocycles. The molecule has 1 aliphatic heterocycles. The van der Waals surface area contributed by atoms with Gasteiger partial charge in [-0.25, -0.2) is 0 Å². The van der Waals surface area contributed by atoms with Crippen LogP contribution in [-0.4, -0.2) is 52.3 Å². The van der Waals surface area contributed by atoms with Gasteiger partial charge in [0, 0.05) is 25.0 Å². The van der Waals surface area contributed by atoms with E-state index in [-0.39, 0.29) is 24.5 Å². The van der Waals surface area contributed by atoms with Gasteiger partial charge >= 0.3 is 5.97 Å². The van der Waals surface area contributed by atoms with E-state index in [9.17, 15) is 14.4 Å². The molecule has 0 aliphatic carbocycles. The fourth-order valence-electron chi connectivity index (χ4n) is 3.04. The number of aliphatic carboxylic acids is 1. The number of hydrogen-bond acceptors (Lipinski definition) is 4. The number of carboxylic acids is 1. The molecule has 24 heavy (non-hydrogen) atoms. The Kier molecular flexibility index (Phi) is 4.35. The van der Waals surface area contributed by atoms with E-state index in [0.29, 0.717) is 29.6 Å². The lowest BCUT2D eigenvalue weighted by Crippen LogP contribution is -2.49. The van der Waals surface area contributed by atoms with Crippen molar-refractivity contribution in [3.63, 3.8) is 0 Å². The van der Waals surface area contributed by atoms with Crippen molar-refractivity contribution in [2.45, 2.75) is 12.5 Å². The van der Waals surface area contributed by atoms with Gasteiger partial charge in [-0.3, -0.25) is 14.4 Å². The fraction of sp³-hybridized carbons (Fsp3) is 0.353. The van der Waals surface area contributed by atoms with Gasteiger partial charge in [0.15, 0.2) is 0 Å². The number of para-hydroxylation sites is 1. The van der Waals surface area contributed by atoms with Crippen LogP contribution in [0.3, 0.4) is 0 Å². The molecule has 0 spiro atoms. The smallest absolute Gasteiger partial charge is 0.305 e. The zero-order valence-electron chi connectivity index (χ0n) is 13.3. The summed E-state index contributed by atoms with van der Waals surface area (Å²) in [6.45, 7) is 0.839. The zero-order valence-corrected chi connectivity index (χ0v) is 13.3. The fourth-order valence-corrected chi connectivity index (χ4v) is 3.04. The molecule has 1 saturated heterocycles. The minimum atomic E-state index is -0.989. The van der Waals surface area contributed by atoms with Gasteiger partial charge in [-0.05, 0) is 6.07 Å². The Bertz CT molecular complexity index is 858. The van der Waals surface area contributed by atoms with Crippen LogP contribution in [0.15, 0.2) is 35.1 Å². The SMILES string of the molecule is Cn1c(=O)cc(C(=O)N2CCOCC2CC(=O)O)c2ccccc21. The van der Waals surface area contributed by atoms with Crippen LogP contribution in [0.2, 0.25) is 0 Å². The summed E-state index contributed by atoms with van der Waals surface area (Å²) >= 11 is 0. The van der Waals surface area contributed by atoms with Gasteiger partial charge in [0.05, 0.1) is 36.8 Å². The number of rotatable bonds is 3. The van der Waals surface area contributed by atoms with E-state index in [1.165, 1.54) is 15.5 Å². The van der Waals surface area contributed by atoms with Gasteiger partial charge in [-0.15, -0.1) is 0 Å². The monoisotopic (exact) mass is 330 g/mol. The third-order valence-electron chi connectivity index (χ3n) is 4.28. The second-order valence-corrected chi connectivity index (χ2v) is 5.80. The van der Waals surface area contributed by atoms with E-state index in [1.54, 1.807) is 31.3 Å². The van der Waals surface area contributed by atoms with Gasteiger partial charge < -0.3 is 19.3 Å². The largest absolute Gasteiger partial charge is 0.481 e. The first-order valence-electron chi connectivity index (χ1n) is 7.68. The van der Waals surface area contributed by atoms with E-state index < -0.39 is 12.0 Å². The van der Waals surface area contributed by atoms with Crippen molar-refractivity contribution in [3.8, 4) is 0 Å². The molecule has 1 aliphatic rings. The van der Waals surface area contributed by atoms with E-state index >= 15 is 0 Å². The van der Waals surface area contributed by atoms with Crippen molar-refractivity contribution >= 4 is 22.8 Å². The molecule has 0 radical (unpaired) electrons. The number of nitrogens with zero attached hydrogens (tertiary/aromatic N) is 2. The Morgan fingerprint density at radius 1 is 1.33 bits per heavy atom. The summed E-state index contributed by atoms with van der Waals surface area (Å²) in [4.78, 5) is 37.7. The Morgan fingerprint density at radius 3 is 2.83 bits per heavy atom. The van der Waals surface area contributed by atoms with Gasteiger partial charge in [0.1, 0.15) is 0 Å². The summed E-state index contributed by atoms with van der Waals surface area (Å²) in [6, 6.07) is 7.95. The predicted molar refractivity (Wildman–Crippen MR) is 87.1 cm³/mol. The number of aryl methyl sites for hydroxylation is 1. The molecular formula is C17H18N2O5. The Hall–Kier alpha value is -2.67. The number of carbonyl (C=O) groups is 2. The summed E-state index contributed by atoms with van der Waals surface area (Å²) in [7, 11) is 1.65. The quantitative estimate of drug-likeness (QED) is 0.901. The van der Waals surface area contributed by atoms with Crippen molar-refractivity contribution in [3.05, 3.63) is 46.2 Å². The van der Waals surface area contributed by atoms with Crippen molar-refractivity contribution in [2.75, 3.05) is 19.8 Å². The third kappa shape index (κ3) is 2.90. The van der Waals surface area contributed by atoms with E-state index in [2.05, 4.69) is 0 Å². The summed E-state index contributed by atoms with van der Waals surface area (Å²) in [5.41, 5.74) is 0.683. The topological polar surface area (TPSA) is 88.8 Å². The van der Waals surface area contributed by atoms with Crippen LogP contribution in [0.1, 0.15) is 16.8 Å². The normalized spacial score (nSPS) is 17.9. The molecule has 2 heterocycles. The minimum Gasteiger partial charge on any atom is -0.481 e. The summed E-state index contributed by atoms with van der Waals surface area (Å²) in [5, 5.41) is 9.71. The first-order chi connectivity index (χ1) is 11.5. The molecule has 1 unspecified atom stereocenters. The Morgan fingerprint density at radius 2 is 2.08 bits per heavy atom. The van der Waals surface area contributed by atoms with Crippen molar-refractivity contribution in [1.82, 2.24) is 9.47 Å². The molecule has 0 saturated carbocycles. The lowest BCUT2D eigenvalue weighted by molar-refractivity contribution is -0.139. The molecule has 7 nitrogen and oxygen atoms in total. The maximum atomic E-state index is 13.0. The number of morpholine rings is 1. The van der Waals surface area contributed by atoms with Gasteiger partial charge in [-0.2, -0.15) is 0 Å². The zero-order chi connectivity index (χ0) is 17.3. The summed E-state index contributed by atoms with van der Waals surface area (Å²) in [6.07, 6.45) is -0.186. The predicted octanol–water partition coefficient (Wildman–Crippen LogP) is 0.854. The highest BCUT2D eigenvalue weighted by atomic mass is 16.5. The highest BCUT2D eigenvalue weighted by Crippen LogP contribution is 2.21. The number of ether oxygens (including phenoxy) is 1. The van der Waals surface area contributed by atoms with Gasteiger partial charge in [0.25, 0.3) is 11.5 Å². The number of pyridine rings is 1. The lowest BCUT2D eigenvalue weighted by Gasteiger charge is -2.35. The molecule has 2 aromatic rings. The highest BCUT2D eigenvalue weighted by Gasteiger charge is 2.31. The van der Waals surface area contributed by atoms with Crippen LogP contribution in [0.5, 0.6) is 0 Å². The lowest BCUT2D eigenvalue weighted by atomic mass is 10.0. The van der Waals surface area contributed by atoms with Crippen molar-refractivity contribution < 1.29 is 19.4 Å². The van der Waals surface area contributed by atoms with E-state index in [0.717, 1.165) is 0 Å². The molecule has 3 rings (SSSR count). The summed E-state index contributed by atoms with van der Waals surface area (Å²) < 4.78 is 6.79. The van der Waals surface area contributed by atoms with E-state index in [1.807, 2.05) is 0 Å². The molecule has 1 N–H and O–H groups in total. The Balaban J connectivity index is 2.06. The second kappa shape index (κ2) is 6.45. The average Bonchev–Trinajstić information content (AvgIpc) is 2.57. The summed E-state index contributed by atoms with van der Waals surface area (Å²) in [5.74, 6) is -1.32. The average molecular weight is 330 g/mol. The van der Waals surface area contributed by atoms with E-state index in [4.69, 9.17) is 9.84 Å². The van der Waals surface area contributed by atoms with Crippen LogP contribution < -0.4 is 5.56 Å². The standard InChI is InChI=1S/C17H18N2O5/c1-18-14-5-3-2-4-12(14)13(9-15(18)20)17(23)19-6-7-24-10-11(19)8-16(21)22/h2-5,9,11H,6-8,10H2,1H3,(H,21,22). The number of amides is 1. The number of hydrogen-bond donors (Lipinski definition) is 1. The molecule has 1 fully saturated rings. The number of benzene rings is 1. The molecule has 1 aromatic heterocycles. The first-order valence-corrected chi connectivity index (χ1v) is 7.68. The van der Waals surface area contributed by atoms with Crippen LogP contribution in [-0.2, 0) is 16.6 Å². The Labute approximate surface area is 138 Å². The number of aromatic nitrogens is 1. The number of carbonyl (C=O) groups excluding carboxylic acids is 1. The minimum absolute atomic E-state index is 0.181. The van der Waals surface area contributed by atoms with Crippen molar-refractivity contribution in [2.24, 2.45) is 7.05 Å². The van der Waals surface area contributed by atoms with Gasteiger partial charge in [-0.1, -0.05) is 18.2 Å². The molecule has 1 atom stereocenters. The van der Waals surface area contributed by atoms with Crippen LogP contribution in [0.4, 0.5) is 0 Å². The number of carboxylic acid groups (broad SMARTS) is 1. The van der Waals surface area contributed by atoms with Crippen LogP contribution in [0, 0.1) is 0 Å². The molecule has 126 valence electrons. The maximum absolute atomic E-state index is 13.0. The number of fused-ring (bicyclic) bond motifs is 1. The van der Waals surface area contributed by atoms with Crippen LogP contribution >= 0.6 is 0 Å². The molecular weight excluding hydrogens is 312 g/mol. The van der Waals surface area contributed by atoms with Crippen molar-refractivity contribution in [1.29, 1.82) is 0 Å². The molecule has 0 bridgehead atoms.